The largest absolute Gasteiger partial charge is 0.351 e. The first kappa shape index (κ1) is 22.3. The van der Waals surface area contributed by atoms with Gasteiger partial charge in [-0.15, -0.1) is 0 Å². The molecular weight excluding hydrogens is 416 g/mol. The predicted molar refractivity (Wildman–Crippen MR) is 129 cm³/mol. The van der Waals surface area contributed by atoms with Crippen molar-refractivity contribution in [2.24, 2.45) is 14.1 Å². The molecule has 8 nitrogen and oxygen atoms in total. The van der Waals surface area contributed by atoms with E-state index in [2.05, 4.69) is 15.4 Å². The Labute approximate surface area is 194 Å². The minimum Gasteiger partial charge on any atom is -0.351 e. The Morgan fingerprint density at radius 2 is 1.88 bits per heavy atom. The summed E-state index contributed by atoms with van der Waals surface area (Å²) >= 11 is 0. The fraction of sp³-hybridized carbons (Fsp3) is 0.280. The molecule has 0 unspecified atom stereocenters. The molecule has 2 amide bonds. The smallest absolute Gasteiger partial charge is 0.275 e. The topological polar surface area (TPSA) is 85.1 Å². The van der Waals surface area contributed by atoms with Gasteiger partial charge in [0.2, 0.25) is 0 Å². The standard InChI is InChI=1S/C25H28N6O2.H2/c1-29-16-8-12-21(29)24(32)27-15-13-19(17-18-9-5-4-6-10-18)30(2)25(33)22-20-11-7-14-26-23(20)31(3)28-22;/h4-12,14,16,19H,13,15,17H2,1-3H3,(H,27,32);1H/t19-;/m1./s1. The van der Waals surface area contributed by atoms with Gasteiger partial charge in [0.05, 0.1) is 5.39 Å². The highest BCUT2D eigenvalue weighted by molar-refractivity contribution is 6.04. The van der Waals surface area contributed by atoms with E-state index in [1.807, 2.05) is 55.7 Å². The van der Waals surface area contributed by atoms with Crippen LogP contribution in [0.1, 0.15) is 34.4 Å². The molecule has 0 aliphatic heterocycles. The van der Waals surface area contributed by atoms with Crippen LogP contribution in [-0.4, -0.2) is 55.7 Å². The summed E-state index contributed by atoms with van der Waals surface area (Å²) in [6.07, 6.45) is 4.81. The average molecular weight is 447 g/mol. The molecule has 8 heteroatoms. The van der Waals surface area contributed by atoms with E-state index in [1.54, 1.807) is 46.6 Å². The van der Waals surface area contributed by atoms with E-state index in [1.165, 1.54) is 0 Å². The first-order valence-corrected chi connectivity index (χ1v) is 10.9. The monoisotopic (exact) mass is 446 g/mol. The van der Waals surface area contributed by atoms with Crippen LogP contribution in [0.5, 0.6) is 0 Å². The number of nitrogens with zero attached hydrogens (tertiary/aromatic N) is 5. The summed E-state index contributed by atoms with van der Waals surface area (Å²) in [5.74, 6) is -0.292. The maximum atomic E-state index is 13.5. The minimum absolute atomic E-state index is 0. The number of hydrogen-bond acceptors (Lipinski definition) is 4. The van der Waals surface area contributed by atoms with E-state index in [0.29, 0.717) is 36.4 Å². The fourth-order valence-electron chi connectivity index (χ4n) is 4.04. The predicted octanol–water partition coefficient (Wildman–Crippen LogP) is 3.06. The molecule has 1 atom stereocenters. The number of likely N-dealkylation sites (N-methyl/N-ethyl adjacent to an activating group) is 1. The third-order valence-electron chi connectivity index (χ3n) is 5.92. The maximum absolute atomic E-state index is 13.5. The minimum atomic E-state index is -0.164. The molecule has 172 valence electrons. The Morgan fingerprint density at radius 3 is 2.61 bits per heavy atom. The number of nitrogens with one attached hydrogen (secondary N) is 1. The van der Waals surface area contributed by atoms with Gasteiger partial charge in [0.15, 0.2) is 11.3 Å². The number of fused-ring (bicyclic) bond motifs is 1. The molecule has 0 bridgehead atoms. The van der Waals surface area contributed by atoms with Gasteiger partial charge in [0, 0.05) is 47.5 Å². The molecule has 4 aromatic rings. The van der Waals surface area contributed by atoms with E-state index >= 15 is 0 Å². The van der Waals surface area contributed by atoms with Crippen molar-refractivity contribution in [2.75, 3.05) is 13.6 Å². The van der Waals surface area contributed by atoms with Crippen LogP contribution in [-0.2, 0) is 20.5 Å². The van der Waals surface area contributed by atoms with Crippen molar-refractivity contribution >= 4 is 22.8 Å². The highest BCUT2D eigenvalue weighted by Crippen LogP contribution is 2.19. The first-order valence-electron chi connectivity index (χ1n) is 10.9. The van der Waals surface area contributed by atoms with Gasteiger partial charge >= 0.3 is 0 Å². The second-order valence-corrected chi connectivity index (χ2v) is 8.16. The van der Waals surface area contributed by atoms with Crippen molar-refractivity contribution in [3.05, 3.63) is 83.9 Å². The lowest BCUT2D eigenvalue weighted by molar-refractivity contribution is 0.0718. The van der Waals surface area contributed by atoms with Gasteiger partial charge < -0.3 is 14.8 Å². The van der Waals surface area contributed by atoms with E-state index < -0.39 is 0 Å². The zero-order chi connectivity index (χ0) is 23.4. The Morgan fingerprint density at radius 1 is 1.09 bits per heavy atom. The second-order valence-electron chi connectivity index (χ2n) is 8.16. The molecule has 3 heterocycles. The van der Waals surface area contributed by atoms with Crippen LogP contribution in [0.3, 0.4) is 0 Å². The zero-order valence-electron chi connectivity index (χ0n) is 19.1. The van der Waals surface area contributed by atoms with E-state index in [4.69, 9.17) is 0 Å². The quantitative estimate of drug-likeness (QED) is 0.451. The molecule has 4 rings (SSSR count). The van der Waals surface area contributed by atoms with Crippen molar-refractivity contribution < 1.29 is 11.0 Å². The van der Waals surface area contributed by atoms with Crippen LogP contribution in [0.25, 0.3) is 11.0 Å². The summed E-state index contributed by atoms with van der Waals surface area (Å²) in [7, 11) is 5.42. The molecule has 0 aliphatic rings. The molecule has 0 spiro atoms. The summed E-state index contributed by atoms with van der Waals surface area (Å²) in [4.78, 5) is 32.0. The average Bonchev–Trinajstić information content (AvgIpc) is 3.41. The van der Waals surface area contributed by atoms with E-state index in [0.717, 1.165) is 10.9 Å². The number of aryl methyl sites for hydroxylation is 2. The Hall–Kier alpha value is -3.94. The van der Waals surface area contributed by atoms with Crippen LogP contribution in [0.2, 0.25) is 0 Å². The summed E-state index contributed by atoms with van der Waals surface area (Å²) in [5, 5.41) is 8.15. The lowest BCUT2D eigenvalue weighted by Crippen LogP contribution is -2.41. The normalized spacial score (nSPS) is 12.0. The number of pyridine rings is 1. The summed E-state index contributed by atoms with van der Waals surface area (Å²) in [5.41, 5.74) is 2.78. The number of carbonyl (C=O) groups excluding carboxylic acids is 2. The van der Waals surface area contributed by atoms with Gasteiger partial charge in [-0.25, -0.2) is 9.67 Å². The molecule has 0 saturated heterocycles. The molecule has 0 radical (unpaired) electrons. The lowest BCUT2D eigenvalue weighted by atomic mass is 10.0. The first-order chi connectivity index (χ1) is 16.0. The highest BCUT2D eigenvalue weighted by atomic mass is 16.2. The highest BCUT2D eigenvalue weighted by Gasteiger charge is 2.26. The molecular formula is C25H30N6O2. The Kier molecular flexibility index (Phi) is 6.53. The number of benzene rings is 1. The van der Waals surface area contributed by atoms with Crippen LogP contribution in [0.4, 0.5) is 0 Å². The molecule has 3 aromatic heterocycles. The molecule has 33 heavy (non-hydrogen) atoms. The van der Waals surface area contributed by atoms with E-state index in [9.17, 15) is 9.59 Å². The van der Waals surface area contributed by atoms with Crippen LogP contribution in [0, 0.1) is 0 Å². The van der Waals surface area contributed by atoms with Gasteiger partial charge in [-0.05, 0) is 42.7 Å². The number of carbonyl (C=O) groups is 2. The molecule has 0 fully saturated rings. The van der Waals surface area contributed by atoms with Gasteiger partial charge in [-0.1, -0.05) is 30.3 Å². The van der Waals surface area contributed by atoms with Crippen molar-refractivity contribution in [3.63, 3.8) is 0 Å². The SMILES string of the molecule is CN(C(=O)c1nn(C)c2ncccc12)[C@H](CCNC(=O)c1cccn1C)Cc1ccccc1.[HH]. The molecule has 1 N–H and O–H groups in total. The summed E-state index contributed by atoms with van der Waals surface area (Å²) < 4.78 is 3.41. The van der Waals surface area contributed by atoms with Crippen LogP contribution >= 0.6 is 0 Å². The van der Waals surface area contributed by atoms with E-state index in [-0.39, 0.29) is 19.3 Å². The number of amides is 2. The fourth-order valence-corrected chi connectivity index (χ4v) is 4.04. The summed E-state index contributed by atoms with van der Waals surface area (Å²) in [6, 6.07) is 17.2. The van der Waals surface area contributed by atoms with Crippen molar-refractivity contribution in [1.29, 1.82) is 0 Å². The third-order valence-corrected chi connectivity index (χ3v) is 5.92. The van der Waals surface area contributed by atoms with Crippen LogP contribution < -0.4 is 5.32 Å². The lowest BCUT2D eigenvalue weighted by Gasteiger charge is -2.28. The number of rotatable bonds is 8. The van der Waals surface area contributed by atoms with Gasteiger partial charge in [0.25, 0.3) is 11.8 Å². The third kappa shape index (κ3) is 4.79. The second kappa shape index (κ2) is 9.68. The summed E-state index contributed by atoms with van der Waals surface area (Å²) in [6.45, 7) is 0.448. The maximum Gasteiger partial charge on any atom is 0.275 e. The zero-order valence-corrected chi connectivity index (χ0v) is 19.1. The van der Waals surface area contributed by atoms with Crippen molar-refractivity contribution in [3.8, 4) is 0 Å². The molecule has 0 aliphatic carbocycles. The molecule has 1 aromatic carbocycles. The number of hydrogen-bond donors (Lipinski definition) is 1. The Bertz CT molecular complexity index is 1270. The van der Waals surface area contributed by atoms with Crippen LogP contribution in [0.15, 0.2) is 67.0 Å². The Balaban J connectivity index is 0.00000324. The number of aromatic nitrogens is 4. The van der Waals surface area contributed by atoms with Crippen molar-refractivity contribution in [2.45, 2.75) is 18.9 Å². The van der Waals surface area contributed by atoms with Gasteiger partial charge in [-0.2, -0.15) is 5.10 Å². The van der Waals surface area contributed by atoms with Crippen molar-refractivity contribution in [1.82, 2.24) is 29.5 Å². The van der Waals surface area contributed by atoms with Gasteiger partial charge in [0.1, 0.15) is 5.69 Å². The molecule has 0 saturated carbocycles. The van der Waals surface area contributed by atoms with Gasteiger partial charge in [-0.3, -0.25) is 9.59 Å².